The fourth-order valence-corrected chi connectivity index (χ4v) is 11.8. The third-order valence-corrected chi connectivity index (χ3v) is 14.9. The van der Waals surface area contributed by atoms with Crippen LogP contribution in [-0.2, 0) is 5.41 Å². The average molecular weight is 842 g/mol. The predicted octanol–water partition coefficient (Wildman–Crippen LogP) is 17.1. The van der Waals surface area contributed by atoms with Crippen LogP contribution in [0.4, 0.5) is 17.1 Å². The molecular formula is C65H47N. The van der Waals surface area contributed by atoms with E-state index in [2.05, 4.69) is 255 Å². The summed E-state index contributed by atoms with van der Waals surface area (Å²) in [7, 11) is 0. The lowest BCUT2D eigenvalue weighted by Gasteiger charge is -2.44. The van der Waals surface area contributed by atoms with Crippen LogP contribution in [0.25, 0.3) is 55.6 Å². The summed E-state index contributed by atoms with van der Waals surface area (Å²) in [6.07, 6.45) is 0. The van der Waals surface area contributed by atoms with Crippen LogP contribution >= 0.6 is 0 Å². The first kappa shape index (κ1) is 38.5. The van der Waals surface area contributed by atoms with E-state index in [1.54, 1.807) is 0 Å². The average Bonchev–Trinajstić information content (AvgIpc) is 3.61. The summed E-state index contributed by atoms with van der Waals surface area (Å²) in [4.78, 5) is 2.47. The van der Waals surface area contributed by atoms with Crippen LogP contribution in [0.5, 0.6) is 0 Å². The van der Waals surface area contributed by atoms with Gasteiger partial charge in [-0.2, -0.15) is 0 Å². The summed E-state index contributed by atoms with van der Waals surface area (Å²) in [6.45, 7) is 4.74. The van der Waals surface area contributed by atoms with E-state index in [1.807, 2.05) is 0 Å². The van der Waals surface area contributed by atoms with Crippen LogP contribution in [-0.4, -0.2) is 0 Å². The molecule has 312 valence electrons. The van der Waals surface area contributed by atoms with E-state index in [9.17, 15) is 0 Å². The van der Waals surface area contributed by atoms with Gasteiger partial charge in [0.15, 0.2) is 0 Å². The Morgan fingerprint density at radius 3 is 1.30 bits per heavy atom. The minimum absolute atomic E-state index is 0.110. The molecule has 0 saturated heterocycles. The fraction of sp³-hybridized carbons (Fsp3) is 0.0769. The highest BCUT2D eigenvalue weighted by Gasteiger charge is 2.44. The summed E-state index contributed by atoms with van der Waals surface area (Å²) < 4.78 is 0. The van der Waals surface area contributed by atoms with Crippen LogP contribution in [0.1, 0.15) is 70.2 Å². The standard InChI is InChI=1S/C65H47N/c1-65(2)59-30-14-13-25-53(59)54-36-35-50(41-60(54)65)66(48-23-15-21-46(39-48)43-19-7-4-8-20-43)49-24-16-22-47(40-49)52-38-37-51(45-33-31-44(32-34-45)42-17-5-3-6-18-42)63-61-55-26-9-11-28-57(55)62(64(52)63)58-29-12-10-27-56(58)61/h3-41,61-62H,1-2H3. The number of fused-ring (bicyclic) bond motifs is 3. The first-order chi connectivity index (χ1) is 32.5. The van der Waals surface area contributed by atoms with E-state index in [0.717, 1.165) is 17.1 Å². The Hall–Kier alpha value is -8.00. The van der Waals surface area contributed by atoms with Crippen LogP contribution < -0.4 is 4.90 Å². The molecule has 0 radical (unpaired) electrons. The zero-order valence-corrected chi connectivity index (χ0v) is 37.1. The van der Waals surface area contributed by atoms with Gasteiger partial charge in [0.1, 0.15) is 0 Å². The van der Waals surface area contributed by atoms with Crippen molar-refractivity contribution >= 4 is 17.1 Å². The summed E-state index contributed by atoms with van der Waals surface area (Å²) in [5.41, 5.74) is 27.1. The van der Waals surface area contributed by atoms with Gasteiger partial charge in [-0.15, -0.1) is 0 Å². The van der Waals surface area contributed by atoms with E-state index >= 15 is 0 Å². The lowest BCUT2D eigenvalue weighted by atomic mass is 9.58. The van der Waals surface area contributed by atoms with Crippen molar-refractivity contribution < 1.29 is 0 Å². The normalized spacial score (nSPS) is 15.5. The molecule has 1 heteroatoms. The molecule has 0 spiro atoms. The molecule has 0 N–H and O–H groups in total. The van der Waals surface area contributed by atoms with Gasteiger partial charge in [0, 0.05) is 34.3 Å². The molecule has 0 heterocycles. The molecule has 14 rings (SSSR count). The first-order valence-corrected chi connectivity index (χ1v) is 23.3. The van der Waals surface area contributed by atoms with Gasteiger partial charge in [-0.05, 0) is 137 Å². The lowest BCUT2D eigenvalue weighted by Crippen LogP contribution is -2.28. The number of benzene rings is 10. The molecule has 10 aromatic rings. The van der Waals surface area contributed by atoms with E-state index in [1.165, 1.54) is 100 Å². The third kappa shape index (κ3) is 5.93. The minimum atomic E-state index is -0.129. The zero-order chi connectivity index (χ0) is 43.9. The Bertz CT molecular complexity index is 3460. The van der Waals surface area contributed by atoms with Gasteiger partial charge in [-0.25, -0.2) is 0 Å². The van der Waals surface area contributed by atoms with E-state index in [0.29, 0.717) is 0 Å². The van der Waals surface area contributed by atoms with Gasteiger partial charge in [-0.3, -0.25) is 0 Å². The Morgan fingerprint density at radius 2 is 0.697 bits per heavy atom. The van der Waals surface area contributed by atoms with Crippen LogP contribution in [0, 0.1) is 0 Å². The van der Waals surface area contributed by atoms with Crippen molar-refractivity contribution in [2.24, 2.45) is 0 Å². The fourth-order valence-electron chi connectivity index (χ4n) is 11.8. The predicted molar refractivity (Wildman–Crippen MR) is 275 cm³/mol. The Kier molecular flexibility index (Phi) is 8.77. The monoisotopic (exact) mass is 841 g/mol. The molecular weight excluding hydrogens is 795 g/mol. The number of nitrogens with zero attached hydrogens (tertiary/aromatic N) is 1. The van der Waals surface area contributed by atoms with Crippen molar-refractivity contribution in [3.05, 3.63) is 281 Å². The Morgan fingerprint density at radius 1 is 0.288 bits per heavy atom. The topological polar surface area (TPSA) is 3.24 Å². The number of anilines is 3. The van der Waals surface area contributed by atoms with E-state index in [4.69, 9.17) is 0 Å². The van der Waals surface area contributed by atoms with Gasteiger partial charge in [0.05, 0.1) is 0 Å². The molecule has 4 aliphatic carbocycles. The minimum Gasteiger partial charge on any atom is -0.310 e. The molecule has 0 amide bonds. The van der Waals surface area contributed by atoms with E-state index in [-0.39, 0.29) is 17.3 Å². The van der Waals surface area contributed by atoms with Crippen molar-refractivity contribution in [3.8, 4) is 55.6 Å². The first-order valence-electron chi connectivity index (χ1n) is 23.3. The third-order valence-electron chi connectivity index (χ3n) is 14.9. The Labute approximate surface area is 388 Å². The summed E-state index contributed by atoms with van der Waals surface area (Å²) in [5.74, 6) is 0.235. The number of hydrogen-bond acceptors (Lipinski definition) is 1. The van der Waals surface area contributed by atoms with Crippen molar-refractivity contribution in [3.63, 3.8) is 0 Å². The highest BCUT2D eigenvalue weighted by atomic mass is 15.1. The molecule has 0 saturated carbocycles. The van der Waals surface area contributed by atoms with Gasteiger partial charge in [-0.1, -0.05) is 214 Å². The smallest absolute Gasteiger partial charge is 0.0467 e. The largest absolute Gasteiger partial charge is 0.310 e. The zero-order valence-electron chi connectivity index (χ0n) is 37.1. The molecule has 66 heavy (non-hydrogen) atoms. The Balaban J connectivity index is 1.01. The van der Waals surface area contributed by atoms with Crippen molar-refractivity contribution in [2.45, 2.75) is 31.1 Å². The summed E-state index contributed by atoms with van der Waals surface area (Å²) in [5, 5.41) is 0. The van der Waals surface area contributed by atoms with Crippen LogP contribution in [0.15, 0.2) is 237 Å². The highest BCUT2D eigenvalue weighted by molar-refractivity contribution is 5.90. The van der Waals surface area contributed by atoms with Crippen molar-refractivity contribution in [2.75, 3.05) is 4.90 Å². The molecule has 0 fully saturated rings. The summed E-state index contributed by atoms with van der Waals surface area (Å²) >= 11 is 0. The van der Waals surface area contributed by atoms with Crippen molar-refractivity contribution in [1.82, 2.24) is 0 Å². The second-order valence-corrected chi connectivity index (χ2v) is 18.8. The highest BCUT2D eigenvalue weighted by Crippen LogP contribution is 2.60. The molecule has 2 bridgehead atoms. The maximum Gasteiger partial charge on any atom is 0.0467 e. The molecule has 0 aromatic heterocycles. The van der Waals surface area contributed by atoms with Crippen LogP contribution in [0.3, 0.4) is 0 Å². The molecule has 4 aliphatic rings. The molecule has 1 nitrogen and oxygen atoms in total. The molecule has 0 atom stereocenters. The maximum atomic E-state index is 2.47. The SMILES string of the molecule is CC1(C)c2ccccc2-c2ccc(N(c3cccc(-c4ccccc4)c3)c3cccc(-c4ccc(-c5ccc(-c6ccccc6)cc5)c5c4C4c6ccccc6C5c5ccccc54)c3)cc21. The van der Waals surface area contributed by atoms with Gasteiger partial charge >= 0.3 is 0 Å². The quantitative estimate of drug-likeness (QED) is 0.155. The second-order valence-electron chi connectivity index (χ2n) is 18.8. The van der Waals surface area contributed by atoms with Crippen molar-refractivity contribution in [1.29, 1.82) is 0 Å². The van der Waals surface area contributed by atoms with Gasteiger partial charge < -0.3 is 4.90 Å². The lowest BCUT2D eigenvalue weighted by molar-refractivity contribution is 0.660. The number of hydrogen-bond donors (Lipinski definition) is 0. The molecule has 10 aromatic carbocycles. The van der Waals surface area contributed by atoms with Gasteiger partial charge in [0.2, 0.25) is 0 Å². The maximum absolute atomic E-state index is 2.47. The number of rotatable bonds is 7. The molecule has 0 aliphatic heterocycles. The van der Waals surface area contributed by atoms with Crippen LogP contribution in [0.2, 0.25) is 0 Å². The second kappa shape index (κ2) is 15.0. The van der Waals surface area contributed by atoms with Gasteiger partial charge in [0.25, 0.3) is 0 Å². The van der Waals surface area contributed by atoms with E-state index < -0.39 is 0 Å². The molecule has 0 unspecified atom stereocenters. The summed E-state index contributed by atoms with van der Waals surface area (Å²) in [6, 6.07) is 88.3.